The molecule has 184 valence electrons. The van der Waals surface area contributed by atoms with Crippen LogP contribution in [-0.4, -0.2) is 10.7 Å². The zero-order valence-corrected chi connectivity index (χ0v) is 20.3. The van der Waals surface area contributed by atoms with Gasteiger partial charge in [-0.1, -0.05) is 68.4 Å². The molecular formula is C30H23NO6. The van der Waals surface area contributed by atoms with Crippen LogP contribution in [-0.2, 0) is 10.2 Å². The number of Topliss-reactive ketones (excluding diaryl/α,β-unsaturated/α-hetero) is 1. The van der Waals surface area contributed by atoms with Gasteiger partial charge in [0.15, 0.2) is 5.78 Å². The van der Waals surface area contributed by atoms with Crippen molar-refractivity contribution in [3.05, 3.63) is 127 Å². The lowest BCUT2D eigenvalue weighted by Gasteiger charge is -2.45. The van der Waals surface area contributed by atoms with Crippen molar-refractivity contribution in [3.8, 4) is 5.75 Å². The van der Waals surface area contributed by atoms with E-state index in [1.54, 1.807) is 24.3 Å². The van der Waals surface area contributed by atoms with E-state index < -0.39 is 16.0 Å². The van der Waals surface area contributed by atoms with Crippen molar-refractivity contribution in [1.29, 1.82) is 0 Å². The van der Waals surface area contributed by atoms with Gasteiger partial charge in [0.1, 0.15) is 22.7 Å². The number of carbonyl (C=O) groups excluding carboxylic acids is 1. The van der Waals surface area contributed by atoms with Crippen molar-refractivity contribution in [1.82, 2.24) is 0 Å². The third-order valence-electron chi connectivity index (χ3n) is 7.27. The Morgan fingerprint density at radius 3 is 2.32 bits per heavy atom. The van der Waals surface area contributed by atoms with Gasteiger partial charge in [0.05, 0.1) is 21.3 Å². The van der Waals surface area contributed by atoms with Gasteiger partial charge in [-0.2, -0.15) is 0 Å². The molecule has 3 aromatic carbocycles. The molecule has 0 saturated carbocycles. The van der Waals surface area contributed by atoms with Crippen LogP contribution in [0.15, 0.2) is 99.4 Å². The van der Waals surface area contributed by atoms with Crippen LogP contribution in [0.25, 0.3) is 11.0 Å². The molecule has 1 aromatic heterocycles. The first-order chi connectivity index (χ1) is 17.7. The number of nitrogens with zero attached hydrogens (tertiary/aromatic N) is 1. The van der Waals surface area contributed by atoms with Crippen LogP contribution in [0, 0.1) is 15.5 Å². The summed E-state index contributed by atoms with van der Waals surface area (Å²) in [6.07, 6.45) is 0.707. The molecule has 37 heavy (non-hydrogen) atoms. The quantitative estimate of drug-likeness (QED) is 0.195. The topological polar surface area (TPSA) is 99.7 Å². The Hall–Kier alpha value is -4.52. The molecule has 7 nitrogen and oxygen atoms in total. The van der Waals surface area contributed by atoms with E-state index in [2.05, 4.69) is 0 Å². The third kappa shape index (κ3) is 3.34. The lowest BCUT2D eigenvalue weighted by molar-refractivity contribution is -0.384. The first-order valence-corrected chi connectivity index (χ1v) is 12.0. The number of hydrogen-bond donors (Lipinski definition) is 0. The number of fused-ring (bicyclic) bond motifs is 3. The molecule has 0 saturated heterocycles. The Morgan fingerprint density at radius 2 is 1.57 bits per heavy atom. The van der Waals surface area contributed by atoms with Crippen LogP contribution >= 0.6 is 0 Å². The highest BCUT2D eigenvalue weighted by Gasteiger charge is 2.55. The van der Waals surface area contributed by atoms with E-state index in [1.165, 1.54) is 12.1 Å². The molecule has 2 heterocycles. The molecule has 1 aliphatic heterocycles. The number of nitro groups is 1. The van der Waals surface area contributed by atoms with Gasteiger partial charge in [0.2, 0.25) is 0 Å². The van der Waals surface area contributed by atoms with Crippen molar-refractivity contribution in [2.24, 2.45) is 5.41 Å². The van der Waals surface area contributed by atoms with Crippen LogP contribution in [0.5, 0.6) is 5.75 Å². The average Bonchev–Trinajstić information content (AvgIpc) is 2.87. The Kier molecular flexibility index (Phi) is 4.95. The lowest BCUT2D eigenvalue weighted by atomic mass is 9.59. The highest BCUT2D eigenvalue weighted by molar-refractivity contribution is 6.03. The van der Waals surface area contributed by atoms with Gasteiger partial charge in [0, 0.05) is 25.0 Å². The predicted octanol–water partition coefficient (Wildman–Crippen LogP) is 6.07. The minimum atomic E-state index is -1.46. The molecule has 0 amide bonds. The number of benzene rings is 3. The summed E-state index contributed by atoms with van der Waals surface area (Å²) < 4.78 is 12.3. The molecule has 1 unspecified atom stereocenters. The fraction of sp³-hybridized carbons (Fsp3) is 0.200. The minimum Gasteiger partial charge on any atom is -0.460 e. The number of nitro benzene ring substituents is 1. The summed E-state index contributed by atoms with van der Waals surface area (Å²) in [5.74, 6) is 0.617. The number of carbonyl (C=O) groups is 1. The first kappa shape index (κ1) is 22.9. The number of para-hydroxylation sites is 1. The molecule has 0 N–H and O–H groups in total. The van der Waals surface area contributed by atoms with E-state index in [4.69, 9.17) is 9.15 Å². The van der Waals surface area contributed by atoms with Crippen molar-refractivity contribution >= 4 is 22.4 Å². The summed E-state index contributed by atoms with van der Waals surface area (Å²) in [5, 5.41) is 12.4. The van der Waals surface area contributed by atoms with E-state index in [1.807, 2.05) is 56.3 Å². The largest absolute Gasteiger partial charge is 0.460 e. The molecule has 4 aromatic rings. The SMILES string of the molecule is CC1(C)CC(=O)C2=C(C1)Oc1c(c(=O)oc3ccccc13)C2(c1ccccc1)c1cccc([N+](=O)[O-])c1. The molecule has 6 rings (SSSR count). The normalized spacial score (nSPS) is 20.2. The van der Waals surface area contributed by atoms with Crippen LogP contribution in [0.1, 0.15) is 43.4 Å². The van der Waals surface area contributed by atoms with E-state index >= 15 is 0 Å². The Balaban J connectivity index is 1.85. The Bertz CT molecular complexity index is 1700. The highest BCUT2D eigenvalue weighted by Crippen LogP contribution is 2.57. The number of ether oxygens (including phenoxy) is 1. The molecule has 2 aliphatic rings. The number of non-ortho nitro benzene ring substituents is 1. The standard InChI is InChI=1S/C30H23NO6/c1-29(2)16-22(32)25-24(17-29)36-27-21-13-6-7-14-23(21)37-28(33)26(27)30(25,18-9-4-3-5-10-18)19-11-8-12-20(15-19)31(34)35/h3-15H,16-17H2,1-2H3. The molecule has 7 heteroatoms. The smallest absolute Gasteiger partial charge is 0.344 e. The van der Waals surface area contributed by atoms with Crippen molar-refractivity contribution < 1.29 is 18.9 Å². The Morgan fingerprint density at radius 1 is 0.865 bits per heavy atom. The zero-order valence-electron chi connectivity index (χ0n) is 20.3. The molecular weight excluding hydrogens is 470 g/mol. The van der Waals surface area contributed by atoms with Crippen LogP contribution < -0.4 is 10.4 Å². The molecule has 1 aliphatic carbocycles. The lowest BCUT2D eigenvalue weighted by Crippen LogP contribution is -2.46. The maximum atomic E-state index is 14.0. The first-order valence-electron chi connectivity index (χ1n) is 12.0. The zero-order chi connectivity index (χ0) is 25.9. The van der Waals surface area contributed by atoms with Crippen LogP contribution in [0.3, 0.4) is 0 Å². The summed E-state index contributed by atoms with van der Waals surface area (Å²) in [6, 6.07) is 22.4. The fourth-order valence-corrected chi connectivity index (χ4v) is 5.85. The minimum absolute atomic E-state index is 0.142. The van der Waals surface area contributed by atoms with Crippen molar-refractivity contribution in [3.63, 3.8) is 0 Å². The van der Waals surface area contributed by atoms with Gasteiger partial charge in [-0.25, -0.2) is 4.79 Å². The summed E-state index contributed by atoms with van der Waals surface area (Å²) in [7, 11) is 0. The molecule has 0 radical (unpaired) electrons. The highest BCUT2D eigenvalue weighted by atomic mass is 16.6. The van der Waals surface area contributed by atoms with E-state index in [0.717, 1.165) is 0 Å². The third-order valence-corrected chi connectivity index (χ3v) is 7.27. The molecule has 0 fully saturated rings. The molecule has 1 atom stereocenters. The van der Waals surface area contributed by atoms with Gasteiger partial charge >= 0.3 is 5.63 Å². The number of allylic oxidation sites excluding steroid dienone is 2. The number of ketones is 1. The van der Waals surface area contributed by atoms with Crippen molar-refractivity contribution in [2.75, 3.05) is 0 Å². The van der Waals surface area contributed by atoms with Gasteiger partial charge in [-0.3, -0.25) is 14.9 Å². The van der Waals surface area contributed by atoms with Gasteiger partial charge < -0.3 is 9.15 Å². The van der Waals surface area contributed by atoms with E-state index in [9.17, 15) is 19.7 Å². The van der Waals surface area contributed by atoms with Crippen LogP contribution in [0.2, 0.25) is 0 Å². The monoisotopic (exact) mass is 493 g/mol. The van der Waals surface area contributed by atoms with Crippen LogP contribution in [0.4, 0.5) is 5.69 Å². The van der Waals surface area contributed by atoms with E-state index in [-0.39, 0.29) is 28.9 Å². The maximum Gasteiger partial charge on any atom is 0.344 e. The fourth-order valence-electron chi connectivity index (χ4n) is 5.85. The average molecular weight is 494 g/mol. The summed E-state index contributed by atoms with van der Waals surface area (Å²) in [6.45, 7) is 4.01. The number of hydrogen-bond acceptors (Lipinski definition) is 6. The second kappa shape index (κ2) is 8.00. The summed E-state index contributed by atoms with van der Waals surface area (Å²) in [5.41, 5.74) is -0.743. The maximum absolute atomic E-state index is 14.0. The summed E-state index contributed by atoms with van der Waals surface area (Å²) >= 11 is 0. The number of rotatable bonds is 3. The molecule has 0 bridgehead atoms. The Labute approximate surface area is 212 Å². The predicted molar refractivity (Wildman–Crippen MR) is 138 cm³/mol. The van der Waals surface area contributed by atoms with Gasteiger partial charge in [0.25, 0.3) is 5.69 Å². The second-order valence-electron chi connectivity index (χ2n) is 10.4. The van der Waals surface area contributed by atoms with Gasteiger partial charge in [-0.15, -0.1) is 0 Å². The van der Waals surface area contributed by atoms with Gasteiger partial charge in [-0.05, 0) is 28.7 Å². The van der Waals surface area contributed by atoms with Crippen molar-refractivity contribution in [2.45, 2.75) is 32.1 Å². The van der Waals surface area contributed by atoms with E-state index in [0.29, 0.717) is 45.6 Å². The second-order valence-corrected chi connectivity index (χ2v) is 10.4. The molecule has 0 spiro atoms. The summed E-state index contributed by atoms with van der Waals surface area (Å²) in [4.78, 5) is 39.2.